The Labute approximate surface area is 107 Å². The number of anilines is 1. The van der Waals surface area contributed by atoms with E-state index in [0.717, 1.165) is 5.69 Å². The highest BCUT2D eigenvalue weighted by atomic mass is 16.7. The molecule has 1 rings (SSSR count). The van der Waals surface area contributed by atoms with Crippen LogP contribution in [0.5, 0.6) is 5.75 Å². The molecule has 0 aliphatic heterocycles. The van der Waals surface area contributed by atoms with E-state index in [1.807, 2.05) is 31.2 Å². The Bertz CT molecular complexity index is 399. The molecule has 0 amide bonds. The average Bonchev–Trinajstić information content (AvgIpc) is 2.38. The van der Waals surface area contributed by atoms with Gasteiger partial charge in [0.05, 0.1) is 6.04 Å². The summed E-state index contributed by atoms with van der Waals surface area (Å²) < 4.78 is 15.6. The number of rotatable bonds is 7. The maximum Gasteiger partial charge on any atom is 0.176 e. The first kappa shape index (κ1) is 14.3. The van der Waals surface area contributed by atoms with Crippen molar-refractivity contribution in [3.05, 3.63) is 24.3 Å². The molecular formula is C13H18N2O3. The third-order valence-corrected chi connectivity index (χ3v) is 2.40. The van der Waals surface area contributed by atoms with Crippen LogP contribution in [0.3, 0.4) is 0 Å². The highest BCUT2D eigenvalue weighted by Crippen LogP contribution is 2.19. The Hall–Kier alpha value is -1.77. The fourth-order valence-electron chi connectivity index (χ4n) is 1.63. The maximum atomic E-state index is 8.46. The molecule has 1 aromatic carbocycles. The second-order valence-corrected chi connectivity index (χ2v) is 3.75. The van der Waals surface area contributed by atoms with Crippen molar-refractivity contribution in [3.8, 4) is 11.8 Å². The van der Waals surface area contributed by atoms with Gasteiger partial charge in [-0.05, 0) is 19.1 Å². The fourth-order valence-corrected chi connectivity index (χ4v) is 1.63. The van der Waals surface area contributed by atoms with Crippen molar-refractivity contribution in [2.75, 3.05) is 26.1 Å². The van der Waals surface area contributed by atoms with Crippen LogP contribution in [0.25, 0.3) is 0 Å². The third kappa shape index (κ3) is 4.24. The lowest BCUT2D eigenvalue weighted by molar-refractivity contribution is -0.109. The lowest BCUT2D eigenvalue weighted by atomic mass is 10.2. The van der Waals surface area contributed by atoms with Crippen molar-refractivity contribution < 1.29 is 14.2 Å². The molecule has 1 N–H and O–H groups in total. The van der Waals surface area contributed by atoms with E-state index < -0.39 is 0 Å². The van der Waals surface area contributed by atoms with Crippen LogP contribution in [-0.4, -0.2) is 33.2 Å². The number of hydrogen-bond acceptors (Lipinski definition) is 5. The third-order valence-electron chi connectivity index (χ3n) is 2.40. The Morgan fingerprint density at radius 3 is 2.67 bits per heavy atom. The van der Waals surface area contributed by atoms with Gasteiger partial charge < -0.3 is 19.5 Å². The second-order valence-electron chi connectivity index (χ2n) is 3.75. The highest BCUT2D eigenvalue weighted by Gasteiger charge is 2.15. The van der Waals surface area contributed by atoms with Gasteiger partial charge in [-0.3, -0.25) is 0 Å². The summed E-state index contributed by atoms with van der Waals surface area (Å²) in [7, 11) is 3.19. The Morgan fingerprint density at radius 1 is 1.33 bits per heavy atom. The van der Waals surface area contributed by atoms with Crippen LogP contribution in [0.2, 0.25) is 0 Å². The molecule has 1 aromatic rings. The number of methoxy groups -OCH3 is 2. The van der Waals surface area contributed by atoms with Crippen LogP contribution in [0.15, 0.2) is 24.3 Å². The zero-order chi connectivity index (χ0) is 13.4. The standard InChI is InChI=1S/C13H18N2O3/c1-10(13(16-2)17-3)15-11-5-4-6-12(9-11)18-8-7-14/h4-6,9-10,13,15H,8H2,1-3H3. The SMILES string of the molecule is COC(OC)C(C)Nc1cccc(OCC#N)c1. The van der Waals surface area contributed by atoms with Crippen LogP contribution < -0.4 is 10.1 Å². The van der Waals surface area contributed by atoms with E-state index in [0.29, 0.717) is 5.75 Å². The number of nitriles is 1. The van der Waals surface area contributed by atoms with Crippen LogP contribution in [-0.2, 0) is 9.47 Å². The van der Waals surface area contributed by atoms with Gasteiger partial charge in [0.25, 0.3) is 0 Å². The summed E-state index contributed by atoms with van der Waals surface area (Å²) in [6.07, 6.45) is -0.325. The summed E-state index contributed by atoms with van der Waals surface area (Å²) >= 11 is 0. The van der Waals surface area contributed by atoms with E-state index in [2.05, 4.69) is 5.32 Å². The van der Waals surface area contributed by atoms with Crippen molar-refractivity contribution in [1.82, 2.24) is 0 Å². The highest BCUT2D eigenvalue weighted by molar-refractivity contribution is 5.48. The van der Waals surface area contributed by atoms with Gasteiger partial charge in [-0.2, -0.15) is 5.26 Å². The number of hydrogen-bond donors (Lipinski definition) is 1. The molecule has 0 aliphatic carbocycles. The number of nitrogens with zero attached hydrogens (tertiary/aromatic N) is 1. The Morgan fingerprint density at radius 2 is 2.06 bits per heavy atom. The summed E-state index contributed by atoms with van der Waals surface area (Å²) in [6, 6.07) is 9.33. The van der Waals surface area contributed by atoms with E-state index in [-0.39, 0.29) is 18.9 Å². The number of benzene rings is 1. The summed E-state index contributed by atoms with van der Waals surface area (Å²) in [4.78, 5) is 0. The molecule has 0 heterocycles. The van der Waals surface area contributed by atoms with Crippen LogP contribution in [0, 0.1) is 11.3 Å². The molecule has 0 aromatic heterocycles. The van der Waals surface area contributed by atoms with Gasteiger partial charge in [0.15, 0.2) is 12.9 Å². The predicted octanol–water partition coefficient (Wildman–Crippen LogP) is 2.01. The molecule has 0 radical (unpaired) electrons. The Kier molecular flexibility index (Phi) is 5.98. The summed E-state index contributed by atoms with van der Waals surface area (Å²) in [5, 5.41) is 11.7. The molecule has 98 valence electrons. The fraction of sp³-hybridized carbons (Fsp3) is 0.462. The van der Waals surface area contributed by atoms with Gasteiger partial charge in [-0.1, -0.05) is 6.07 Å². The predicted molar refractivity (Wildman–Crippen MR) is 68.4 cm³/mol. The first-order chi connectivity index (χ1) is 8.71. The van der Waals surface area contributed by atoms with Crippen LogP contribution in [0.1, 0.15) is 6.92 Å². The van der Waals surface area contributed by atoms with Gasteiger partial charge in [-0.25, -0.2) is 0 Å². The lowest BCUT2D eigenvalue weighted by Crippen LogP contribution is -2.33. The van der Waals surface area contributed by atoms with Crippen LogP contribution in [0.4, 0.5) is 5.69 Å². The second kappa shape index (κ2) is 7.54. The summed E-state index contributed by atoms with van der Waals surface area (Å²) in [5.41, 5.74) is 0.886. The molecule has 5 heteroatoms. The summed E-state index contributed by atoms with van der Waals surface area (Å²) in [6.45, 7) is 2.00. The van der Waals surface area contributed by atoms with Gasteiger partial charge in [0.1, 0.15) is 11.8 Å². The van der Waals surface area contributed by atoms with Gasteiger partial charge in [-0.15, -0.1) is 0 Å². The number of ether oxygens (including phenoxy) is 3. The van der Waals surface area contributed by atoms with Gasteiger partial charge in [0.2, 0.25) is 0 Å². The molecule has 0 saturated carbocycles. The monoisotopic (exact) mass is 250 g/mol. The molecule has 1 unspecified atom stereocenters. The first-order valence-electron chi connectivity index (χ1n) is 5.63. The molecule has 0 saturated heterocycles. The molecular weight excluding hydrogens is 232 g/mol. The molecule has 1 atom stereocenters. The van der Waals surface area contributed by atoms with E-state index in [9.17, 15) is 0 Å². The maximum absolute atomic E-state index is 8.46. The van der Waals surface area contributed by atoms with E-state index >= 15 is 0 Å². The summed E-state index contributed by atoms with van der Waals surface area (Å²) in [5.74, 6) is 0.653. The molecule has 5 nitrogen and oxygen atoms in total. The minimum Gasteiger partial charge on any atom is -0.479 e. The quantitative estimate of drug-likeness (QED) is 0.750. The zero-order valence-corrected chi connectivity index (χ0v) is 10.8. The molecule has 0 bridgehead atoms. The first-order valence-corrected chi connectivity index (χ1v) is 5.63. The molecule has 0 aliphatic rings. The van der Waals surface area contributed by atoms with Crippen molar-refractivity contribution in [2.45, 2.75) is 19.3 Å². The topological polar surface area (TPSA) is 63.5 Å². The van der Waals surface area contributed by atoms with E-state index in [1.165, 1.54) is 0 Å². The minimum absolute atomic E-state index is 0.00813. The van der Waals surface area contributed by atoms with E-state index in [1.54, 1.807) is 20.3 Å². The van der Waals surface area contributed by atoms with Crippen molar-refractivity contribution in [1.29, 1.82) is 5.26 Å². The lowest BCUT2D eigenvalue weighted by Gasteiger charge is -2.23. The Balaban J connectivity index is 2.64. The smallest absolute Gasteiger partial charge is 0.176 e. The van der Waals surface area contributed by atoms with Crippen molar-refractivity contribution in [3.63, 3.8) is 0 Å². The average molecular weight is 250 g/mol. The minimum atomic E-state index is -0.325. The molecule has 18 heavy (non-hydrogen) atoms. The van der Waals surface area contributed by atoms with Gasteiger partial charge >= 0.3 is 0 Å². The molecule has 0 fully saturated rings. The van der Waals surface area contributed by atoms with Crippen molar-refractivity contribution in [2.24, 2.45) is 0 Å². The van der Waals surface area contributed by atoms with Crippen LogP contribution >= 0.6 is 0 Å². The molecule has 0 spiro atoms. The van der Waals surface area contributed by atoms with Crippen molar-refractivity contribution >= 4 is 5.69 Å². The van der Waals surface area contributed by atoms with Gasteiger partial charge in [0, 0.05) is 26.0 Å². The normalized spacial score (nSPS) is 11.9. The number of nitrogens with one attached hydrogen (secondary N) is 1. The van der Waals surface area contributed by atoms with E-state index in [4.69, 9.17) is 19.5 Å². The zero-order valence-electron chi connectivity index (χ0n) is 10.8. The largest absolute Gasteiger partial charge is 0.479 e.